The Morgan fingerprint density at radius 1 is 1.44 bits per heavy atom. The van der Waals surface area contributed by atoms with Crippen LogP contribution in [0.15, 0.2) is 10.4 Å². The second-order valence-corrected chi connectivity index (χ2v) is 4.82. The largest absolute Gasteiger partial charge is 0.360 e. The van der Waals surface area contributed by atoms with Crippen LogP contribution in [0.3, 0.4) is 0 Å². The van der Waals surface area contributed by atoms with Gasteiger partial charge < -0.3 is 9.80 Å². The van der Waals surface area contributed by atoms with E-state index in [9.17, 15) is 0 Å². The van der Waals surface area contributed by atoms with Gasteiger partial charge in [0.05, 0.1) is 12.0 Å². The Labute approximate surface area is 101 Å². The number of aryl methyl sites for hydroxylation is 1. The zero-order valence-corrected chi connectivity index (χ0v) is 10.7. The Hall–Kier alpha value is -0.940. The summed E-state index contributed by atoms with van der Waals surface area (Å²) >= 11 is 1.60. The summed E-state index contributed by atoms with van der Waals surface area (Å²) in [5.74, 6) is 0. The molecular weight excluding hydrogens is 220 g/mol. The first-order chi connectivity index (χ1) is 7.78. The third-order valence-corrected chi connectivity index (χ3v) is 3.66. The van der Waals surface area contributed by atoms with E-state index in [-0.39, 0.29) is 0 Å². The van der Waals surface area contributed by atoms with Crippen LogP contribution in [0.25, 0.3) is 0 Å². The molecule has 1 aromatic heterocycles. The van der Waals surface area contributed by atoms with Gasteiger partial charge in [-0.15, -0.1) is 11.3 Å². The summed E-state index contributed by atoms with van der Waals surface area (Å²) in [7, 11) is 0. The normalized spacial score (nSPS) is 18.5. The Morgan fingerprint density at radius 3 is 2.75 bits per heavy atom. The minimum Gasteiger partial charge on any atom is -0.360 e. The summed E-state index contributed by atoms with van der Waals surface area (Å²) in [6, 6.07) is 0. The van der Waals surface area contributed by atoms with Crippen LogP contribution in [0, 0.1) is 6.92 Å². The van der Waals surface area contributed by atoms with Crippen LogP contribution in [-0.2, 0) is 0 Å². The topological polar surface area (TPSA) is 31.7 Å². The lowest BCUT2D eigenvalue weighted by Gasteiger charge is -2.32. The molecule has 88 valence electrons. The molecule has 1 saturated heterocycles. The van der Waals surface area contributed by atoms with Crippen LogP contribution in [0.5, 0.6) is 0 Å². The first-order valence-corrected chi connectivity index (χ1v) is 6.58. The molecule has 0 N–H and O–H groups in total. The smallest absolute Gasteiger partial charge is 0.210 e. The molecule has 0 amide bonds. The highest BCUT2D eigenvalue weighted by Crippen LogP contribution is 2.17. The number of likely N-dealkylation sites (N-methyl/N-ethyl adjacent to an activating group) is 1. The van der Waals surface area contributed by atoms with E-state index in [4.69, 9.17) is 0 Å². The summed E-state index contributed by atoms with van der Waals surface area (Å²) in [5.41, 5.74) is 1.05. The molecule has 1 aliphatic rings. The zero-order valence-electron chi connectivity index (χ0n) is 9.89. The van der Waals surface area contributed by atoms with Gasteiger partial charge in [-0.1, -0.05) is 6.92 Å². The number of aromatic nitrogens is 1. The molecule has 1 aromatic rings. The van der Waals surface area contributed by atoms with Gasteiger partial charge in [0, 0.05) is 31.6 Å². The maximum absolute atomic E-state index is 4.39. The van der Waals surface area contributed by atoms with Crippen LogP contribution in [-0.4, -0.2) is 53.8 Å². The number of thiazole rings is 1. The highest BCUT2D eigenvalue weighted by Gasteiger charge is 2.12. The molecule has 16 heavy (non-hydrogen) atoms. The van der Waals surface area contributed by atoms with E-state index in [2.05, 4.69) is 26.7 Å². The Kier molecular flexibility index (Phi) is 3.90. The standard InChI is InChI=1S/C11H18N4S/c1-3-14-4-6-15(7-5-14)9-12-11-13-10(2)8-16-11/h8-9H,3-7H2,1-2H3. The number of aliphatic imine (C=N–C) groups is 1. The second kappa shape index (κ2) is 5.41. The molecule has 0 aliphatic carbocycles. The number of hydrogen-bond acceptors (Lipinski definition) is 4. The third-order valence-electron chi connectivity index (χ3n) is 2.79. The van der Waals surface area contributed by atoms with Crippen molar-refractivity contribution in [3.05, 3.63) is 11.1 Å². The van der Waals surface area contributed by atoms with E-state index in [1.165, 1.54) is 0 Å². The summed E-state index contributed by atoms with van der Waals surface area (Å²) < 4.78 is 0. The lowest BCUT2D eigenvalue weighted by molar-refractivity contribution is 0.193. The lowest BCUT2D eigenvalue weighted by atomic mass is 10.3. The average Bonchev–Trinajstić information content (AvgIpc) is 2.73. The molecule has 0 bridgehead atoms. The first kappa shape index (κ1) is 11.5. The number of piperazine rings is 1. The molecule has 0 atom stereocenters. The van der Waals surface area contributed by atoms with Gasteiger partial charge in [-0.05, 0) is 13.5 Å². The predicted octanol–water partition coefficient (Wildman–Crippen LogP) is 1.75. The Bertz CT molecular complexity index is 353. The molecule has 5 heteroatoms. The average molecular weight is 238 g/mol. The van der Waals surface area contributed by atoms with Crippen molar-refractivity contribution < 1.29 is 0 Å². The van der Waals surface area contributed by atoms with Crippen LogP contribution in [0.1, 0.15) is 12.6 Å². The minimum absolute atomic E-state index is 0.857. The van der Waals surface area contributed by atoms with Crippen molar-refractivity contribution in [3.63, 3.8) is 0 Å². The van der Waals surface area contributed by atoms with Crippen molar-refractivity contribution >= 4 is 22.8 Å². The van der Waals surface area contributed by atoms with Gasteiger partial charge in [0.15, 0.2) is 0 Å². The first-order valence-electron chi connectivity index (χ1n) is 5.70. The SMILES string of the molecule is CCN1CCN(C=Nc2nc(C)cs2)CC1. The third kappa shape index (κ3) is 3.02. The van der Waals surface area contributed by atoms with Crippen LogP contribution >= 0.6 is 11.3 Å². The van der Waals surface area contributed by atoms with E-state index in [1.807, 2.05) is 18.6 Å². The summed E-state index contributed by atoms with van der Waals surface area (Å²) in [6.07, 6.45) is 1.94. The summed E-state index contributed by atoms with van der Waals surface area (Å²) in [6.45, 7) is 9.77. The molecular formula is C11H18N4S. The van der Waals surface area contributed by atoms with Crippen molar-refractivity contribution in [1.82, 2.24) is 14.8 Å². The molecule has 1 fully saturated rings. The molecule has 2 heterocycles. The van der Waals surface area contributed by atoms with E-state index < -0.39 is 0 Å². The summed E-state index contributed by atoms with van der Waals surface area (Å²) in [4.78, 5) is 13.4. The highest BCUT2D eigenvalue weighted by atomic mass is 32.1. The van der Waals surface area contributed by atoms with E-state index in [0.29, 0.717) is 0 Å². The van der Waals surface area contributed by atoms with Crippen LogP contribution in [0.2, 0.25) is 0 Å². The van der Waals surface area contributed by atoms with Gasteiger partial charge in [-0.2, -0.15) is 0 Å². The molecule has 0 spiro atoms. The number of rotatable bonds is 3. The van der Waals surface area contributed by atoms with Crippen molar-refractivity contribution in [1.29, 1.82) is 0 Å². The molecule has 0 radical (unpaired) electrons. The fourth-order valence-electron chi connectivity index (χ4n) is 1.73. The molecule has 4 nitrogen and oxygen atoms in total. The van der Waals surface area contributed by atoms with E-state index in [1.54, 1.807) is 11.3 Å². The van der Waals surface area contributed by atoms with Crippen LogP contribution in [0.4, 0.5) is 5.13 Å². The van der Waals surface area contributed by atoms with E-state index in [0.717, 1.165) is 43.5 Å². The van der Waals surface area contributed by atoms with Crippen molar-refractivity contribution in [2.45, 2.75) is 13.8 Å². The van der Waals surface area contributed by atoms with Crippen molar-refractivity contribution in [3.8, 4) is 0 Å². The quantitative estimate of drug-likeness (QED) is 0.594. The van der Waals surface area contributed by atoms with Gasteiger partial charge in [-0.25, -0.2) is 9.98 Å². The maximum Gasteiger partial charge on any atom is 0.210 e. The summed E-state index contributed by atoms with van der Waals surface area (Å²) in [5, 5.41) is 2.89. The fourth-order valence-corrected chi connectivity index (χ4v) is 2.36. The van der Waals surface area contributed by atoms with Gasteiger partial charge in [-0.3, -0.25) is 0 Å². The van der Waals surface area contributed by atoms with Gasteiger partial charge in [0.2, 0.25) is 5.13 Å². The van der Waals surface area contributed by atoms with Gasteiger partial charge in [0.1, 0.15) is 0 Å². The van der Waals surface area contributed by atoms with Crippen LogP contribution < -0.4 is 0 Å². The monoisotopic (exact) mass is 238 g/mol. The fraction of sp³-hybridized carbons (Fsp3) is 0.636. The van der Waals surface area contributed by atoms with Crippen molar-refractivity contribution in [2.75, 3.05) is 32.7 Å². The molecule has 0 unspecified atom stereocenters. The predicted molar refractivity (Wildman–Crippen MR) is 68.7 cm³/mol. The lowest BCUT2D eigenvalue weighted by Crippen LogP contribution is -2.45. The Morgan fingerprint density at radius 2 is 2.19 bits per heavy atom. The molecule has 1 aliphatic heterocycles. The van der Waals surface area contributed by atoms with Crippen molar-refractivity contribution in [2.24, 2.45) is 4.99 Å². The molecule has 0 saturated carbocycles. The molecule has 0 aromatic carbocycles. The van der Waals surface area contributed by atoms with Gasteiger partial charge in [0.25, 0.3) is 0 Å². The Balaban J connectivity index is 1.84. The minimum atomic E-state index is 0.857. The zero-order chi connectivity index (χ0) is 11.4. The van der Waals surface area contributed by atoms with Gasteiger partial charge >= 0.3 is 0 Å². The second-order valence-electron chi connectivity index (χ2n) is 3.99. The number of hydrogen-bond donors (Lipinski definition) is 0. The molecule has 2 rings (SSSR count). The maximum atomic E-state index is 4.39. The number of nitrogens with zero attached hydrogens (tertiary/aromatic N) is 4. The highest BCUT2D eigenvalue weighted by molar-refractivity contribution is 7.13. The van der Waals surface area contributed by atoms with E-state index >= 15 is 0 Å².